The van der Waals surface area contributed by atoms with Gasteiger partial charge < -0.3 is 10.6 Å². The van der Waals surface area contributed by atoms with E-state index in [2.05, 4.69) is 26.6 Å². The molecule has 9 heteroatoms. The number of halogens is 1. The minimum Gasteiger partial charge on any atom is -0.326 e. The van der Waals surface area contributed by atoms with Crippen molar-refractivity contribution in [2.75, 3.05) is 23.7 Å². The third-order valence-corrected chi connectivity index (χ3v) is 6.08. The molecular formula is C18H20BrN3O4S. The van der Waals surface area contributed by atoms with Gasteiger partial charge >= 0.3 is 0 Å². The zero-order chi connectivity index (χ0) is 20.0. The molecule has 0 aliphatic carbocycles. The molecule has 0 unspecified atom stereocenters. The number of hydrogen-bond donors (Lipinski definition) is 2. The van der Waals surface area contributed by atoms with Gasteiger partial charge in [-0.2, -0.15) is 4.31 Å². The molecule has 0 bridgehead atoms. The van der Waals surface area contributed by atoms with Gasteiger partial charge in [-0.05, 0) is 48.5 Å². The lowest BCUT2D eigenvalue weighted by molar-refractivity contribution is -0.116. The van der Waals surface area contributed by atoms with Gasteiger partial charge in [0.05, 0.1) is 11.4 Å². The Kier molecular flexibility index (Phi) is 7.11. The third-order valence-electron chi connectivity index (χ3n) is 3.61. The van der Waals surface area contributed by atoms with Crippen LogP contribution in [0.25, 0.3) is 0 Å². The van der Waals surface area contributed by atoms with Crippen molar-refractivity contribution in [1.29, 1.82) is 0 Å². The van der Waals surface area contributed by atoms with Crippen LogP contribution in [0.1, 0.15) is 13.8 Å². The standard InChI is InChI=1S/C18H20BrN3O4S/c1-3-22(27(25,26)17-10-4-14(19)5-11-17)12-18(24)21-16-8-6-15(7-9-16)20-13(2)23/h4-11H,3,12H2,1-2H3,(H,20,23)(H,21,24). The zero-order valence-electron chi connectivity index (χ0n) is 14.9. The molecule has 0 aliphatic rings. The zero-order valence-corrected chi connectivity index (χ0v) is 17.3. The Labute approximate surface area is 166 Å². The number of nitrogens with one attached hydrogen (secondary N) is 2. The molecule has 7 nitrogen and oxygen atoms in total. The van der Waals surface area contributed by atoms with Crippen molar-refractivity contribution in [1.82, 2.24) is 4.31 Å². The van der Waals surface area contributed by atoms with E-state index in [0.717, 1.165) is 8.78 Å². The lowest BCUT2D eigenvalue weighted by Crippen LogP contribution is -2.37. The molecule has 0 fully saturated rings. The van der Waals surface area contributed by atoms with Crippen molar-refractivity contribution in [2.45, 2.75) is 18.7 Å². The van der Waals surface area contributed by atoms with Crippen LogP contribution < -0.4 is 10.6 Å². The van der Waals surface area contributed by atoms with E-state index >= 15 is 0 Å². The second-order valence-electron chi connectivity index (χ2n) is 5.69. The molecule has 2 aromatic rings. The predicted molar refractivity (Wildman–Crippen MR) is 108 cm³/mol. The quantitative estimate of drug-likeness (QED) is 0.673. The van der Waals surface area contributed by atoms with Gasteiger partial charge in [-0.1, -0.05) is 22.9 Å². The summed E-state index contributed by atoms with van der Waals surface area (Å²) in [5.74, 6) is -0.645. The third kappa shape index (κ3) is 5.88. The van der Waals surface area contributed by atoms with E-state index < -0.39 is 15.9 Å². The van der Waals surface area contributed by atoms with E-state index in [-0.39, 0.29) is 23.9 Å². The van der Waals surface area contributed by atoms with Crippen LogP contribution in [0.3, 0.4) is 0 Å². The molecule has 0 saturated carbocycles. The lowest BCUT2D eigenvalue weighted by atomic mass is 10.2. The molecule has 2 aromatic carbocycles. The summed E-state index contributed by atoms with van der Waals surface area (Å²) in [6.45, 7) is 2.93. The van der Waals surface area contributed by atoms with Gasteiger partial charge in [-0.3, -0.25) is 9.59 Å². The highest BCUT2D eigenvalue weighted by Gasteiger charge is 2.25. The highest BCUT2D eigenvalue weighted by molar-refractivity contribution is 9.10. The van der Waals surface area contributed by atoms with Crippen molar-refractivity contribution >= 4 is 49.1 Å². The SMILES string of the molecule is CCN(CC(=O)Nc1ccc(NC(C)=O)cc1)S(=O)(=O)c1ccc(Br)cc1. The largest absolute Gasteiger partial charge is 0.326 e. The number of benzene rings is 2. The van der Waals surface area contributed by atoms with Crippen LogP contribution in [-0.2, 0) is 19.6 Å². The molecule has 0 spiro atoms. The highest BCUT2D eigenvalue weighted by Crippen LogP contribution is 2.19. The normalized spacial score (nSPS) is 11.3. The van der Waals surface area contributed by atoms with Crippen molar-refractivity contribution in [2.24, 2.45) is 0 Å². The van der Waals surface area contributed by atoms with Crippen molar-refractivity contribution in [3.05, 3.63) is 53.0 Å². The van der Waals surface area contributed by atoms with Crippen LogP contribution in [0.5, 0.6) is 0 Å². The van der Waals surface area contributed by atoms with Gasteiger partial charge in [0.1, 0.15) is 0 Å². The summed E-state index contributed by atoms with van der Waals surface area (Å²) in [7, 11) is -3.77. The van der Waals surface area contributed by atoms with Crippen molar-refractivity contribution < 1.29 is 18.0 Å². The fourth-order valence-corrected chi connectivity index (χ4v) is 3.99. The molecule has 0 aromatic heterocycles. The topological polar surface area (TPSA) is 95.6 Å². The van der Waals surface area contributed by atoms with E-state index in [0.29, 0.717) is 11.4 Å². The van der Waals surface area contributed by atoms with Crippen molar-refractivity contribution in [3.8, 4) is 0 Å². The molecule has 2 rings (SSSR count). The van der Waals surface area contributed by atoms with Crippen LogP contribution >= 0.6 is 15.9 Å². The molecule has 0 heterocycles. The number of rotatable bonds is 7. The Hall–Kier alpha value is -2.23. The number of anilines is 2. The fourth-order valence-electron chi connectivity index (χ4n) is 2.32. The van der Waals surface area contributed by atoms with E-state index in [1.165, 1.54) is 19.1 Å². The molecule has 27 heavy (non-hydrogen) atoms. The summed E-state index contributed by atoms with van der Waals surface area (Å²) >= 11 is 3.27. The first-order chi connectivity index (χ1) is 12.7. The number of hydrogen-bond acceptors (Lipinski definition) is 4. The number of sulfonamides is 1. The maximum absolute atomic E-state index is 12.7. The summed E-state index contributed by atoms with van der Waals surface area (Å²) < 4.78 is 27.3. The Balaban J connectivity index is 2.06. The molecule has 2 N–H and O–H groups in total. The van der Waals surface area contributed by atoms with Crippen molar-refractivity contribution in [3.63, 3.8) is 0 Å². The summed E-state index contributed by atoms with van der Waals surface area (Å²) in [4.78, 5) is 23.4. The monoisotopic (exact) mass is 453 g/mol. The van der Waals surface area contributed by atoms with Gasteiger partial charge in [0.25, 0.3) is 0 Å². The molecule has 0 atom stereocenters. The molecule has 0 aliphatic heterocycles. The molecular weight excluding hydrogens is 434 g/mol. The first kappa shape index (κ1) is 21.1. The van der Waals surface area contributed by atoms with Crippen LogP contribution in [0.4, 0.5) is 11.4 Å². The summed E-state index contributed by atoms with van der Waals surface area (Å²) in [6.07, 6.45) is 0. The van der Waals surface area contributed by atoms with Crippen LogP contribution in [-0.4, -0.2) is 37.6 Å². The molecule has 0 saturated heterocycles. The van der Waals surface area contributed by atoms with E-state index in [9.17, 15) is 18.0 Å². The Morgan fingerprint density at radius 3 is 1.96 bits per heavy atom. The van der Waals surface area contributed by atoms with Gasteiger partial charge in [0.15, 0.2) is 0 Å². The van der Waals surface area contributed by atoms with E-state index in [4.69, 9.17) is 0 Å². The van der Waals surface area contributed by atoms with Gasteiger partial charge in [-0.15, -0.1) is 0 Å². The minimum absolute atomic E-state index is 0.125. The summed E-state index contributed by atoms with van der Waals surface area (Å²) in [5, 5.41) is 5.28. The Bertz CT molecular complexity index is 913. The molecule has 144 valence electrons. The summed E-state index contributed by atoms with van der Waals surface area (Å²) in [6, 6.07) is 12.8. The van der Waals surface area contributed by atoms with Gasteiger partial charge in [0, 0.05) is 29.3 Å². The van der Waals surface area contributed by atoms with Gasteiger partial charge in [-0.25, -0.2) is 8.42 Å². The van der Waals surface area contributed by atoms with E-state index in [1.807, 2.05) is 0 Å². The van der Waals surface area contributed by atoms with Crippen LogP contribution in [0.15, 0.2) is 57.9 Å². The average molecular weight is 454 g/mol. The first-order valence-corrected chi connectivity index (χ1v) is 10.4. The maximum Gasteiger partial charge on any atom is 0.243 e. The van der Waals surface area contributed by atoms with Gasteiger partial charge in [0.2, 0.25) is 21.8 Å². The smallest absolute Gasteiger partial charge is 0.243 e. The number of likely N-dealkylation sites (N-methyl/N-ethyl adjacent to an activating group) is 1. The van der Waals surface area contributed by atoms with Crippen LogP contribution in [0.2, 0.25) is 0 Å². The minimum atomic E-state index is -3.77. The fraction of sp³-hybridized carbons (Fsp3) is 0.222. The Morgan fingerprint density at radius 1 is 0.963 bits per heavy atom. The van der Waals surface area contributed by atoms with E-state index in [1.54, 1.807) is 43.3 Å². The van der Waals surface area contributed by atoms with Crippen LogP contribution in [0, 0.1) is 0 Å². The maximum atomic E-state index is 12.7. The highest BCUT2D eigenvalue weighted by atomic mass is 79.9. The average Bonchev–Trinajstić information content (AvgIpc) is 2.61. The molecule has 0 radical (unpaired) electrons. The second-order valence-corrected chi connectivity index (χ2v) is 8.55. The number of carbonyl (C=O) groups excluding carboxylic acids is 2. The predicted octanol–water partition coefficient (Wildman–Crippen LogP) is 3.06. The second kappa shape index (κ2) is 9.12. The molecule has 2 amide bonds. The Morgan fingerprint density at radius 2 is 1.48 bits per heavy atom. The lowest BCUT2D eigenvalue weighted by Gasteiger charge is -2.20. The number of amides is 2. The first-order valence-electron chi connectivity index (χ1n) is 8.15. The number of carbonyl (C=O) groups is 2. The number of nitrogens with zero attached hydrogens (tertiary/aromatic N) is 1. The summed E-state index contributed by atoms with van der Waals surface area (Å²) in [5.41, 5.74) is 1.11.